The summed E-state index contributed by atoms with van der Waals surface area (Å²) in [6.45, 7) is 0.0732. The molecule has 3 aromatic carbocycles. The first-order valence-corrected chi connectivity index (χ1v) is 12.2. The molecular weight excluding hydrogens is 540 g/mol. The van der Waals surface area contributed by atoms with Crippen LogP contribution in [0.2, 0.25) is 0 Å². The highest BCUT2D eigenvalue weighted by Crippen LogP contribution is 2.34. The number of H-pyrrole nitrogens is 1. The largest absolute Gasteiger partial charge is 0.503 e. The zero-order chi connectivity index (χ0) is 26.2. The number of methoxy groups -OCH3 is 1. The van der Waals surface area contributed by atoms with Crippen LogP contribution in [0.15, 0.2) is 82.5 Å². The number of phenolic OH excluding ortho intramolecular Hbond substituents is 1. The average Bonchev–Trinajstić information content (AvgIpc) is 3.32. The number of carbonyl (C=O) groups is 2. The Morgan fingerprint density at radius 1 is 1.14 bits per heavy atom. The Labute approximate surface area is 221 Å². The number of hydrogen-bond donors (Lipinski definition) is 4. The van der Waals surface area contributed by atoms with Crippen molar-refractivity contribution in [1.82, 2.24) is 15.7 Å². The van der Waals surface area contributed by atoms with E-state index in [-0.39, 0.29) is 24.5 Å². The predicted octanol–water partition coefficient (Wildman–Crippen LogP) is 4.63. The molecule has 4 aromatic rings. The summed E-state index contributed by atoms with van der Waals surface area (Å²) in [5, 5.41) is 17.6. The predicted molar refractivity (Wildman–Crippen MR) is 144 cm³/mol. The molecule has 2 amide bonds. The van der Waals surface area contributed by atoms with Crippen LogP contribution < -0.4 is 15.5 Å². The third kappa shape index (κ3) is 6.68. The number of ether oxygens (including phenoxy) is 2. The quantitative estimate of drug-likeness (QED) is 0.174. The first-order chi connectivity index (χ1) is 17.9. The number of nitrogens with one attached hydrogen (secondary N) is 3. The van der Waals surface area contributed by atoms with Crippen molar-refractivity contribution in [3.05, 3.63) is 94.1 Å². The summed E-state index contributed by atoms with van der Waals surface area (Å²) in [7, 11) is 1.43. The number of carbonyl (C=O) groups excluding carboxylic acids is 2. The summed E-state index contributed by atoms with van der Waals surface area (Å²) in [5.74, 6) is -0.314. The van der Waals surface area contributed by atoms with Crippen molar-refractivity contribution in [3.8, 4) is 11.5 Å². The van der Waals surface area contributed by atoms with E-state index in [9.17, 15) is 14.7 Å². The lowest BCUT2D eigenvalue weighted by Gasteiger charge is -2.17. The number of alkyl carbamates (subject to hydrolysis) is 1. The van der Waals surface area contributed by atoms with E-state index in [1.54, 1.807) is 12.1 Å². The number of nitrogens with zero attached hydrogens (tertiary/aromatic N) is 1. The molecule has 1 aromatic heterocycles. The number of para-hydroxylation sites is 1. The molecule has 1 heterocycles. The maximum absolute atomic E-state index is 13.1. The van der Waals surface area contributed by atoms with Crippen molar-refractivity contribution in [2.75, 3.05) is 7.11 Å². The molecule has 4 N–H and O–H groups in total. The van der Waals surface area contributed by atoms with Crippen molar-refractivity contribution < 1.29 is 24.2 Å². The summed E-state index contributed by atoms with van der Waals surface area (Å²) in [5.41, 5.74) is 5.66. The molecule has 9 nitrogen and oxygen atoms in total. The lowest BCUT2D eigenvalue weighted by molar-refractivity contribution is -0.123. The fourth-order valence-electron chi connectivity index (χ4n) is 3.71. The number of aromatic nitrogens is 1. The van der Waals surface area contributed by atoms with Gasteiger partial charge in [0.1, 0.15) is 12.6 Å². The van der Waals surface area contributed by atoms with E-state index in [2.05, 4.69) is 36.8 Å². The van der Waals surface area contributed by atoms with Crippen molar-refractivity contribution in [2.45, 2.75) is 19.1 Å². The Kier molecular flexibility index (Phi) is 8.42. The number of fused-ring (bicyclic) bond motifs is 1. The van der Waals surface area contributed by atoms with Crippen molar-refractivity contribution in [2.24, 2.45) is 5.10 Å². The molecule has 0 aliphatic heterocycles. The molecule has 37 heavy (non-hydrogen) atoms. The van der Waals surface area contributed by atoms with E-state index in [1.165, 1.54) is 13.3 Å². The van der Waals surface area contributed by atoms with Crippen molar-refractivity contribution in [3.63, 3.8) is 0 Å². The van der Waals surface area contributed by atoms with Crippen LogP contribution >= 0.6 is 15.9 Å². The minimum atomic E-state index is -0.958. The van der Waals surface area contributed by atoms with Gasteiger partial charge in [-0.25, -0.2) is 10.2 Å². The van der Waals surface area contributed by atoms with E-state index in [0.717, 1.165) is 22.0 Å². The summed E-state index contributed by atoms with van der Waals surface area (Å²) in [4.78, 5) is 28.8. The van der Waals surface area contributed by atoms with Gasteiger partial charge in [0.2, 0.25) is 0 Å². The lowest BCUT2D eigenvalue weighted by atomic mass is 10.0. The van der Waals surface area contributed by atoms with Gasteiger partial charge in [-0.3, -0.25) is 4.79 Å². The van der Waals surface area contributed by atoms with Crippen LogP contribution in [0.5, 0.6) is 11.5 Å². The molecule has 0 radical (unpaired) electrons. The van der Waals surface area contributed by atoms with Crippen LogP contribution in [-0.2, 0) is 22.6 Å². The fourth-order valence-corrected chi connectivity index (χ4v) is 4.17. The van der Waals surface area contributed by atoms with Crippen LogP contribution in [0.4, 0.5) is 4.79 Å². The van der Waals surface area contributed by atoms with Crippen LogP contribution in [0.25, 0.3) is 10.9 Å². The van der Waals surface area contributed by atoms with Gasteiger partial charge in [-0.15, -0.1) is 0 Å². The van der Waals surface area contributed by atoms with Crippen molar-refractivity contribution in [1.29, 1.82) is 0 Å². The Morgan fingerprint density at radius 2 is 1.89 bits per heavy atom. The molecule has 0 bridgehead atoms. The summed E-state index contributed by atoms with van der Waals surface area (Å²) >= 11 is 3.25. The normalized spacial score (nSPS) is 11.8. The minimum absolute atomic E-state index is 0.0410. The molecule has 1 atom stereocenters. The van der Waals surface area contributed by atoms with Gasteiger partial charge in [-0.1, -0.05) is 48.5 Å². The third-order valence-corrected chi connectivity index (χ3v) is 6.18. The van der Waals surface area contributed by atoms with E-state index in [1.807, 2.05) is 60.8 Å². The number of hydrazone groups is 1. The topological polar surface area (TPSA) is 125 Å². The molecule has 0 spiro atoms. The second kappa shape index (κ2) is 12.1. The zero-order valence-electron chi connectivity index (χ0n) is 19.9. The van der Waals surface area contributed by atoms with Crippen LogP contribution in [-0.4, -0.2) is 41.5 Å². The fraction of sp³-hybridized carbons (Fsp3) is 0.148. The number of aromatic hydroxyl groups is 1. The molecular formula is C27H25BrN4O5. The number of amides is 2. The van der Waals surface area contributed by atoms with Crippen LogP contribution in [0.1, 0.15) is 16.7 Å². The second-order valence-electron chi connectivity index (χ2n) is 8.11. The van der Waals surface area contributed by atoms with Gasteiger partial charge in [-0.05, 0) is 50.8 Å². The minimum Gasteiger partial charge on any atom is -0.503 e. The molecule has 4 rings (SSSR count). The summed E-state index contributed by atoms with van der Waals surface area (Å²) < 4.78 is 10.9. The van der Waals surface area contributed by atoms with Gasteiger partial charge in [0.15, 0.2) is 11.5 Å². The van der Waals surface area contributed by atoms with Gasteiger partial charge in [0.25, 0.3) is 5.91 Å². The molecule has 0 aliphatic carbocycles. The number of halogens is 1. The Balaban J connectivity index is 1.47. The molecule has 0 saturated heterocycles. The second-order valence-corrected chi connectivity index (χ2v) is 8.96. The van der Waals surface area contributed by atoms with E-state index in [4.69, 9.17) is 9.47 Å². The molecule has 190 valence electrons. The molecule has 10 heteroatoms. The Morgan fingerprint density at radius 3 is 2.68 bits per heavy atom. The highest BCUT2D eigenvalue weighted by Gasteiger charge is 2.23. The average molecular weight is 565 g/mol. The summed E-state index contributed by atoms with van der Waals surface area (Å²) in [6.07, 6.45) is 2.71. The smallest absolute Gasteiger partial charge is 0.408 e. The first kappa shape index (κ1) is 25.8. The SMILES string of the molecule is COc1cc(/C=N\NC(=O)[C@@H](Cc2c[nH]c3ccccc23)NC(=O)OCc2ccccc2)cc(Br)c1O. The maximum Gasteiger partial charge on any atom is 0.408 e. The van der Waals surface area contributed by atoms with Gasteiger partial charge >= 0.3 is 6.09 Å². The molecule has 0 aliphatic rings. The Hall–Kier alpha value is -4.31. The highest BCUT2D eigenvalue weighted by atomic mass is 79.9. The number of aromatic amines is 1. The van der Waals surface area contributed by atoms with Gasteiger partial charge < -0.3 is 24.9 Å². The molecule has 0 fully saturated rings. The Bertz CT molecular complexity index is 1420. The molecule has 0 unspecified atom stereocenters. The van der Waals surface area contributed by atoms with E-state index >= 15 is 0 Å². The van der Waals surface area contributed by atoms with Crippen LogP contribution in [0.3, 0.4) is 0 Å². The zero-order valence-corrected chi connectivity index (χ0v) is 21.5. The number of benzene rings is 3. The standard InChI is InChI=1S/C27H25BrN4O5/c1-36-24-12-18(11-21(28)25(24)33)14-30-32-26(34)23(13-19-15-29-22-10-6-5-9-20(19)22)31-27(35)37-16-17-7-3-2-4-8-17/h2-12,14-15,23,29,33H,13,16H2,1H3,(H,31,35)(H,32,34)/b30-14-/t23-/m1/s1. The first-order valence-electron chi connectivity index (χ1n) is 11.4. The van der Waals surface area contributed by atoms with Crippen LogP contribution in [0, 0.1) is 0 Å². The van der Waals surface area contributed by atoms with Gasteiger partial charge in [-0.2, -0.15) is 5.10 Å². The summed E-state index contributed by atoms with van der Waals surface area (Å²) in [6, 6.07) is 19.2. The van der Waals surface area contributed by atoms with Gasteiger partial charge in [0, 0.05) is 23.5 Å². The number of hydrogen-bond acceptors (Lipinski definition) is 6. The van der Waals surface area contributed by atoms with E-state index in [0.29, 0.717) is 10.0 Å². The van der Waals surface area contributed by atoms with E-state index < -0.39 is 18.0 Å². The lowest BCUT2D eigenvalue weighted by Crippen LogP contribution is -2.47. The monoisotopic (exact) mass is 564 g/mol. The number of rotatable bonds is 9. The van der Waals surface area contributed by atoms with Gasteiger partial charge in [0.05, 0.1) is 17.8 Å². The third-order valence-electron chi connectivity index (χ3n) is 5.58. The number of phenols is 1. The molecule has 0 saturated carbocycles. The highest BCUT2D eigenvalue weighted by molar-refractivity contribution is 9.10. The van der Waals surface area contributed by atoms with Crippen molar-refractivity contribution >= 4 is 45.0 Å². The maximum atomic E-state index is 13.1.